The van der Waals surface area contributed by atoms with E-state index in [2.05, 4.69) is 30.5 Å². The van der Waals surface area contributed by atoms with E-state index in [-0.39, 0.29) is 5.91 Å². The van der Waals surface area contributed by atoms with Gasteiger partial charge in [-0.15, -0.1) is 0 Å². The number of nitrogens with one attached hydrogen (secondary N) is 1. The lowest BCUT2D eigenvalue weighted by molar-refractivity contribution is 0.102. The summed E-state index contributed by atoms with van der Waals surface area (Å²) in [7, 11) is 3.82. The Balaban J connectivity index is 1.67. The predicted molar refractivity (Wildman–Crippen MR) is 113 cm³/mol. The summed E-state index contributed by atoms with van der Waals surface area (Å²) in [4.78, 5) is 28.2. The first-order valence-electron chi connectivity index (χ1n) is 9.46. The molecule has 0 aliphatic rings. The van der Waals surface area contributed by atoms with E-state index in [4.69, 9.17) is 0 Å². The second-order valence-electron chi connectivity index (χ2n) is 7.43. The number of anilines is 2. The summed E-state index contributed by atoms with van der Waals surface area (Å²) < 4.78 is 3.26. The van der Waals surface area contributed by atoms with Crippen molar-refractivity contribution < 1.29 is 4.79 Å². The Morgan fingerprint density at radius 2 is 1.63 bits per heavy atom. The molecule has 0 unspecified atom stereocenters. The van der Waals surface area contributed by atoms with Gasteiger partial charge in [0.1, 0.15) is 11.6 Å². The predicted octanol–water partition coefficient (Wildman–Crippen LogP) is 2.26. The maximum Gasteiger partial charge on any atom is 0.260 e. The van der Waals surface area contributed by atoms with Gasteiger partial charge in [-0.2, -0.15) is 14.7 Å². The van der Waals surface area contributed by atoms with E-state index in [1.165, 1.54) is 4.68 Å². The zero-order chi connectivity index (χ0) is 21.6. The lowest BCUT2D eigenvalue weighted by Crippen LogP contribution is -2.18. The highest BCUT2D eigenvalue weighted by Gasteiger charge is 2.18. The zero-order valence-electron chi connectivity index (χ0n) is 17.8. The van der Waals surface area contributed by atoms with Gasteiger partial charge in [-0.25, -0.2) is 19.6 Å². The molecule has 0 spiro atoms. The highest BCUT2D eigenvalue weighted by Crippen LogP contribution is 2.20. The van der Waals surface area contributed by atoms with Crippen LogP contribution in [-0.4, -0.2) is 54.3 Å². The van der Waals surface area contributed by atoms with Gasteiger partial charge < -0.3 is 10.2 Å². The molecule has 1 N–H and O–H groups in total. The van der Waals surface area contributed by atoms with Crippen LogP contribution in [0.15, 0.2) is 24.4 Å². The monoisotopic (exact) mass is 405 g/mol. The van der Waals surface area contributed by atoms with E-state index in [1.807, 2.05) is 51.9 Å². The van der Waals surface area contributed by atoms with Crippen molar-refractivity contribution in [2.75, 3.05) is 24.3 Å². The highest BCUT2D eigenvalue weighted by atomic mass is 16.1. The minimum absolute atomic E-state index is 0.305. The summed E-state index contributed by atoms with van der Waals surface area (Å²) in [6.45, 7) is 7.46. The number of hydrogen-bond acceptors (Lipinski definition) is 7. The largest absolute Gasteiger partial charge is 0.363 e. The zero-order valence-corrected chi connectivity index (χ0v) is 17.8. The van der Waals surface area contributed by atoms with E-state index in [0.717, 1.165) is 22.9 Å². The van der Waals surface area contributed by atoms with Gasteiger partial charge in [-0.05, 0) is 33.8 Å². The van der Waals surface area contributed by atoms with Crippen molar-refractivity contribution in [1.82, 2.24) is 34.3 Å². The van der Waals surface area contributed by atoms with Crippen molar-refractivity contribution in [3.8, 4) is 5.95 Å². The van der Waals surface area contributed by atoms with Gasteiger partial charge in [0.15, 0.2) is 5.65 Å². The lowest BCUT2D eigenvalue weighted by atomic mass is 10.2. The van der Waals surface area contributed by atoms with Crippen LogP contribution in [0.1, 0.15) is 33.1 Å². The number of fused-ring (bicyclic) bond motifs is 1. The molecule has 0 aliphatic heterocycles. The minimum atomic E-state index is -0.305. The molecule has 154 valence electrons. The number of hydrogen-bond donors (Lipinski definition) is 1. The van der Waals surface area contributed by atoms with E-state index in [0.29, 0.717) is 28.7 Å². The molecule has 10 nitrogen and oxygen atoms in total. The van der Waals surface area contributed by atoms with Gasteiger partial charge in [-0.1, -0.05) is 0 Å². The van der Waals surface area contributed by atoms with Crippen LogP contribution in [0.4, 0.5) is 11.6 Å². The number of carbonyl (C=O) groups is 1. The molecular weight excluding hydrogens is 382 g/mol. The first-order chi connectivity index (χ1) is 14.2. The van der Waals surface area contributed by atoms with Crippen molar-refractivity contribution in [3.63, 3.8) is 0 Å². The molecule has 0 aromatic carbocycles. The second kappa shape index (κ2) is 7.21. The number of aryl methyl sites for hydroxylation is 4. The quantitative estimate of drug-likeness (QED) is 0.555. The van der Waals surface area contributed by atoms with Crippen LogP contribution in [0.3, 0.4) is 0 Å². The van der Waals surface area contributed by atoms with Crippen LogP contribution in [-0.2, 0) is 0 Å². The Kier molecular flexibility index (Phi) is 4.69. The van der Waals surface area contributed by atoms with E-state index in [9.17, 15) is 4.79 Å². The molecule has 0 saturated carbocycles. The molecule has 4 aromatic heterocycles. The van der Waals surface area contributed by atoms with Crippen molar-refractivity contribution in [3.05, 3.63) is 52.7 Å². The summed E-state index contributed by atoms with van der Waals surface area (Å²) in [5.74, 6) is 1.37. The maximum atomic E-state index is 13.0. The number of carbonyl (C=O) groups excluding carboxylic acids is 1. The first-order valence-corrected chi connectivity index (χ1v) is 9.46. The summed E-state index contributed by atoms with van der Waals surface area (Å²) in [5, 5.41) is 11.7. The van der Waals surface area contributed by atoms with Crippen LogP contribution < -0.4 is 10.2 Å². The second-order valence-corrected chi connectivity index (χ2v) is 7.43. The lowest BCUT2D eigenvalue weighted by Gasteiger charge is -2.15. The Morgan fingerprint density at radius 1 is 0.933 bits per heavy atom. The van der Waals surface area contributed by atoms with Crippen LogP contribution in [0.25, 0.3) is 11.6 Å². The summed E-state index contributed by atoms with van der Waals surface area (Å²) in [5.41, 5.74) is 4.17. The summed E-state index contributed by atoms with van der Waals surface area (Å²) in [6, 6.07) is 5.53. The molecule has 10 heteroatoms. The SMILES string of the molecule is Cc1cc(C)nc(-n2cc(C(=O)Nc3cc(N(C)C)n4nc(C)cc4n3)c(C)n2)n1. The van der Waals surface area contributed by atoms with Crippen molar-refractivity contribution >= 4 is 23.2 Å². The smallest absolute Gasteiger partial charge is 0.260 e. The number of amides is 1. The van der Waals surface area contributed by atoms with E-state index < -0.39 is 0 Å². The standard InChI is InChI=1S/C20H23N9O/c1-11-7-12(2)22-20(21-11)28-10-15(14(4)26-28)19(30)24-16-9-18(27(5)6)29-17(23-16)8-13(3)25-29/h7-10H,1-6H3,(H,23,24,30). The molecule has 0 atom stereocenters. The Labute approximate surface area is 173 Å². The fraction of sp³-hybridized carbons (Fsp3) is 0.300. The van der Waals surface area contributed by atoms with E-state index >= 15 is 0 Å². The van der Waals surface area contributed by atoms with Gasteiger partial charge in [0.25, 0.3) is 11.9 Å². The average Bonchev–Trinajstić information content (AvgIpc) is 3.22. The molecule has 4 aromatic rings. The summed E-state index contributed by atoms with van der Waals surface area (Å²) >= 11 is 0. The molecule has 0 saturated heterocycles. The first kappa shape index (κ1) is 19.5. The van der Waals surface area contributed by atoms with Gasteiger partial charge in [0, 0.05) is 43.8 Å². The summed E-state index contributed by atoms with van der Waals surface area (Å²) in [6.07, 6.45) is 1.63. The number of nitrogens with zero attached hydrogens (tertiary/aromatic N) is 8. The van der Waals surface area contributed by atoms with E-state index in [1.54, 1.807) is 23.7 Å². The molecular formula is C20H23N9O. The molecule has 1 amide bonds. The van der Waals surface area contributed by atoms with Crippen LogP contribution >= 0.6 is 0 Å². The van der Waals surface area contributed by atoms with Gasteiger partial charge in [0.05, 0.1) is 17.0 Å². The normalized spacial score (nSPS) is 11.1. The highest BCUT2D eigenvalue weighted by molar-refractivity contribution is 6.04. The van der Waals surface area contributed by atoms with Gasteiger partial charge in [-0.3, -0.25) is 4.79 Å². The van der Waals surface area contributed by atoms with Gasteiger partial charge >= 0.3 is 0 Å². The number of aromatic nitrogens is 7. The number of rotatable bonds is 4. The Morgan fingerprint density at radius 3 is 2.30 bits per heavy atom. The molecule has 0 fully saturated rings. The molecule has 0 aliphatic carbocycles. The third-order valence-electron chi connectivity index (χ3n) is 4.55. The van der Waals surface area contributed by atoms with Crippen molar-refractivity contribution in [1.29, 1.82) is 0 Å². The van der Waals surface area contributed by atoms with Gasteiger partial charge in [0.2, 0.25) is 0 Å². The topological polar surface area (TPSA) is 106 Å². The molecule has 30 heavy (non-hydrogen) atoms. The third-order valence-corrected chi connectivity index (χ3v) is 4.55. The maximum absolute atomic E-state index is 13.0. The molecule has 4 heterocycles. The van der Waals surface area contributed by atoms with Crippen molar-refractivity contribution in [2.45, 2.75) is 27.7 Å². The molecule has 4 rings (SSSR count). The van der Waals surface area contributed by atoms with Crippen LogP contribution in [0.5, 0.6) is 0 Å². The molecule has 0 bridgehead atoms. The molecule has 0 radical (unpaired) electrons. The fourth-order valence-corrected chi connectivity index (χ4v) is 3.23. The Hall–Kier alpha value is -3.82. The van der Waals surface area contributed by atoms with Crippen molar-refractivity contribution in [2.24, 2.45) is 0 Å². The fourth-order valence-electron chi connectivity index (χ4n) is 3.23. The van der Waals surface area contributed by atoms with Crippen LogP contribution in [0, 0.1) is 27.7 Å². The van der Waals surface area contributed by atoms with Crippen LogP contribution in [0.2, 0.25) is 0 Å². The third kappa shape index (κ3) is 3.59. The Bertz CT molecular complexity index is 1250. The minimum Gasteiger partial charge on any atom is -0.363 e. The average molecular weight is 405 g/mol.